The van der Waals surface area contributed by atoms with E-state index in [1.807, 2.05) is 44.2 Å². The molecule has 0 fully saturated rings. The first-order valence-electron chi connectivity index (χ1n) is 6.44. The second-order valence-electron chi connectivity index (χ2n) is 5.10. The van der Waals surface area contributed by atoms with Crippen LogP contribution in [0.2, 0.25) is 5.02 Å². The van der Waals surface area contributed by atoms with Gasteiger partial charge >= 0.3 is 0 Å². The fourth-order valence-corrected chi connectivity index (χ4v) is 2.71. The van der Waals surface area contributed by atoms with Crippen molar-refractivity contribution in [2.24, 2.45) is 0 Å². The van der Waals surface area contributed by atoms with Crippen LogP contribution in [-0.4, -0.2) is 10.8 Å². The summed E-state index contributed by atoms with van der Waals surface area (Å²) in [5.41, 5.74) is 4.47. The first-order chi connectivity index (χ1) is 9.54. The van der Waals surface area contributed by atoms with Gasteiger partial charge in [0, 0.05) is 33.2 Å². The lowest BCUT2D eigenvalue weighted by molar-refractivity contribution is 0.104. The maximum Gasteiger partial charge on any atom is 0.195 e. The molecule has 0 saturated carbocycles. The summed E-state index contributed by atoms with van der Waals surface area (Å²) in [4.78, 5) is 15.8. The SMILES string of the molecule is Cc1cc(C)cc(C(=O)c2c[nH]c3ccc(Cl)cc23)c1. The van der Waals surface area contributed by atoms with Crippen LogP contribution in [0.5, 0.6) is 0 Å². The Morgan fingerprint density at radius 3 is 2.45 bits per heavy atom. The number of fused-ring (bicyclic) bond motifs is 1. The molecule has 0 spiro atoms. The summed E-state index contributed by atoms with van der Waals surface area (Å²) in [6, 6.07) is 11.4. The predicted octanol–water partition coefficient (Wildman–Crippen LogP) is 4.67. The standard InChI is InChI=1S/C17H14ClNO/c1-10-5-11(2)7-12(6-10)17(20)15-9-19-16-4-3-13(18)8-14(15)16/h3-9,19H,1-2H3. The van der Waals surface area contributed by atoms with Crippen molar-refractivity contribution in [3.8, 4) is 0 Å². The average molecular weight is 284 g/mol. The van der Waals surface area contributed by atoms with Gasteiger partial charge in [0.05, 0.1) is 0 Å². The Kier molecular flexibility index (Phi) is 3.11. The van der Waals surface area contributed by atoms with Crippen LogP contribution in [0.15, 0.2) is 42.6 Å². The van der Waals surface area contributed by atoms with Gasteiger partial charge in [-0.05, 0) is 44.2 Å². The van der Waals surface area contributed by atoms with Crippen molar-refractivity contribution in [3.63, 3.8) is 0 Å². The van der Waals surface area contributed by atoms with Gasteiger partial charge in [-0.1, -0.05) is 28.8 Å². The molecule has 0 amide bonds. The molecule has 20 heavy (non-hydrogen) atoms. The van der Waals surface area contributed by atoms with Crippen LogP contribution < -0.4 is 0 Å². The number of aromatic nitrogens is 1. The van der Waals surface area contributed by atoms with Gasteiger partial charge in [-0.3, -0.25) is 4.79 Å². The molecule has 2 aromatic carbocycles. The van der Waals surface area contributed by atoms with Crippen LogP contribution in [0, 0.1) is 13.8 Å². The third-order valence-corrected chi connectivity index (χ3v) is 3.61. The highest BCUT2D eigenvalue weighted by Gasteiger charge is 2.15. The van der Waals surface area contributed by atoms with E-state index in [1.165, 1.54) is 0 Å². The molecule has 0 atom stereocenters. The van der Waals surface area contributed by atoms with Crippen LogP contribution in [0.4, 0.5) is 0 Å². The molecule has 1 aromatic heterocycles. The normalized spacial score (nSPS) is 10.9. The van der Waals surface area contributed by atoms with Crippen molar-refractivity contribution in [1.82, 2.24) is 4.98 Å². The van der Waals surface area contributed by atoms with E-state index in [2.05, 4.69) is 11.1 Å². The molecule has 0 aliphatic rings. The largest absolute Gasteiger partial charge is 0.360 e. The number of halogens is 1. The van der Waals surface area contributed by atoms with Crippen molar-refractivity contribution in [2.45, 2.75) is 13.8 Å². The summed E-state index contributed by atoms with van der Waals surface area (Å²) in [5.74, 6) is 0.0188. The van der Waals surface area contributed by atoms with Crippen molar-refractivity contribution >= 4 is 28.3 Å². The molecule has 3 aromatic rings. The summed E-state index contributed by atoms with van der Waals surface area (Å²) < 4.78 is 0. The molecular formula is C17H14ClNO. The molecule has 0 aliphatic carbocycles. The highest BCUT2D eigenvalue weighted by molar-refractivity contribution is 6.31. The molecule has 0 unspecified atom stereocenters. The number of aryl methyl sites for hydroxylation is 2. The van der Waals surface area contributed by atoms with Crippen molar-refractivity contribution in [1.29, 1.82) is 0 Å². The molecule has 0 saturated heterocycles. The summed E-state index contributed by atoms with van der Waals surface area (Å²) in [6.45, 7) is 3.99. The fraction of sp³-hybridized carbons (Fsp3) is 0.118. The number of nitrogens with one attached hydrogen (secondary N) is 1. The summed E-state index contributed by atoms with van der Waals surface area (Å²) in [6.07, 6.45) is 1.75. The smallest absolute Gasteiger partial charge is 0.195 e. The van der Waals surface area contributed by atoms with E-state index in [-0.39, 0.29) is 5.78 Å². The third-order valence-electron chi connectivity index (χ3n) is 3.37. The molecule has 3 heteroatoms. The molecular weight excluding hydrogens is 270 g/mol. The molecule has 1 N–H and O–H groups in total. The second-order valence-corrected chi connectivity index (χ2v) is 5.53. The van der Waals surface area contributed by atoms with Gasteiger partial charge in [-0.15, -0.1) is 0 Å². The number of hydrogen-bond donors (Lipinski definition) is 1. The van der Waals surface area contributed by atoms with Crippen molar-refractivity contribution in [3.05, 3.63) is 69.9 Å². The Morgan fingerprint density at radius 2 is 1.75 bits per heavy atom. The highest BCUT2D eigenvalue weighted by Crippen LogP contribution is 2.25. The minimum atomic E-state index is 0.0188. The Morgan fingerprint density at radius 1 is 1.05 bits per heavy atom. The molecule has 0 aliphatic heterocycles. The highest BCUT2D eigenvalue weighted by atomic mass is 35.5. The van der Waals surface area contributed by atoms with Gasteiger partial charge in [0.1, 0.15) is 0 Å². The van der Waals surface area contributed by atoms with E-state index in [9.17, 15) is 4.79 Å². The van der Waals surface area contributed by atoms with E-state index in [0.717, 1.165) is 22.0 Å². The van der Waals surface area contributed by atoms with Gasteiger partial charge in [-0.2, -0.15) is 0 Å². The number of carbonyl (C=O) groups is 1. The summed E-state index contributed by atoms with van der Waals surface area (Å²) in [7, 11) is 0. The van der Waals surface area contributed by atoms with E-state index in [1.54, 1.807) is 6.20 Å². The number of H-pyrrole nitrogens is 1. The average Bonchev–Trinajstić information content (AvgIpc) is 2.79. The second kappa shape index (κ2) is 4.80. The zero-order valence-corrected chi connectivity index (χ0v) is 12.1. The topological polar surface area (TPSA) is 32.9 Å². The molecule has 3 rings (SSSR count). The van der Waals surface area contributed by atoms with Crippen LogP contribution in [0.25, 0.3) is 10.9 Å². The van der Waals surface area contributed by atoms with E-state index < -0.39 is 0 Å². The predicted molar refractivity (Wildman–Crippen MR) is 82.7 cm³/mol. The molecule has 0 radical (unpaired) electrons. The summed E-state index contributed by atoms with van der Waals surface area (Å²) >= 11 is 6.02. The number of rotatable bonds is 2. The molecule has 100 valence electrons. The van der Waals surface area contributed by atoms with Gasteiger partial charge in [-0.25, -0.2) is 0 Å². The summed E-state index contributed by atoms with van der Waals surface area (Å²) in [5, 5.41) is 1.49. The van der Waals surface area contributed by atoms with Crippen LogP contribution in [-0.2, 0) is 0 Å². The number of ketones is 1. The van der Waals surface area contributed by atoms with E-state index in [0.29, 0.717) is 16.1 Å². The Bertz CT molecular complexity index is 797. The van der Waals surface area contributed by atoms with Gasteiger partial charge < -0.3 is 4.98 Å². The molecule has 2 nitrogen and oxygen atoms in total. The number of benzene rings is 2. The molecule has 0 bridgehead atoms. The monoisotopic (exact) mass is 283 g/mol. The lowest BCUT2D eigenvalue weighted by atomic mass is 9.99. The number of aromatic amines is 1. The van der Waals surface area contributed by atoms with E-state index >= 15 is 0 Å². The first kappa shape index (κ1) is 12.9. The molecule has 1 heterocycles. The Balaban J connectivity index is 2.15. The van der Waals surface area contributed by atoms with Gasteiger partial charge in [0.25, 0.3) is 0 Å². The minimum Gasteiger partial charge on any atom is -0.360 e. The van der Waals surface area contributed by atoms with Crippen molar-refractivity contribution in [2.75, 3.05) is 0 Å². The Hall–Kier alpha value is -2.06. The number of carbonyl (C=O) groups excluding carboxylic acids is 1. The lowest BCUT2D eigenvalue weighted by Crippen LogP contribution is -2.01. The van der Waals surface area contributed by atoms with Gasteiger partial charge in [0.15, 0.2) is 5.78 Å². The third kappa shape index (κ3) is 2.23. The van der Waals surface area contributed by atoms with Crippen LogP contribution in [0.3, 0.4) is 0 Å². The quantitative estimate of drug-likeness (QED) is 0.681. The zero-order valence-electron chi connectivity index (χ0n) is 11.3. The fourth-order valence-electron chi connectivity index (χ4n) is 2.54. The van der Waals surface area contributed by atoms with Gasteiger partial charge in [0.2, 0.25) is 0 Å². The maximum atomic E-state index is 12.7. The first-order valence-corrected chi connectivity index (χ1v) is 6.82. The Labute approximate surface area is 122 Å². The zero-order chi connectivity index (χ0) is 14.3. The lowest BCUT2D eigenvalue weighted by Gasteiger charge is -2.04. The number of hydrogen-bond acceptors (Lipinski definition) is 1. The van der Waals surface area contributed by atoms with Crippen LogP contribution >= 0.6 is 11.6 Å². The van der Waals surface area contributed by atoms with Crippen molar-refractivity contribution < 1.29 is 4.79 Å². The van der Waals surface area contributed by atoms with E-state index in [4.69, 9.17) is 11.6 Å². The van der Waals surface area contributed by atoms with Crippen LogP contribution in [0.1, 0.15) is 27.0 Å². The minimum absolute atomic E-state index is 0.0188. The maximum absolute atomic E-state index is 12.7.